The van der Waals surface area contributed by atoms with Crippen molar-refractivity contribution in [1.29, 1.82) is 0 Å². The van der Waals surface area contributed by atoms with Crippen LogP contribution in [0.25, 0.3) is 0 Å². The molecule has 2 N–H and O–H groups in total. The number of hydrogen-bond donors (Lipinski definition) is 2. The van der Waals surface area contributed by atoms with Crippen LogP contribution in [-0.4, -0.2) is 41.7 Å². The van der Waals surface area contributed by atoms with Gasteiger partial charge in [-0.2, -0.15) is 0 Å². The standard InChI is InChI=1S/C24H30N2O3/c27-14-15-29-22-5-3-4-18(16-22)17-26-13-2-1-6-23(26)24(28)25-21-11-9-20(10-12-21)19-7-8-19/h3-5,9-12,16,19,23,27H,1-2,6-8,13-15,17H2,(H,25,28)/t23-/m1/s1. The van der Waals surface area contributed by atoms with E-state index < -0.39 is 0 Å². The van der Waals surface area contributed by atoms with Gasteiger partial charge in [-0.3, -0.25) is 9.69 Å². The van der Waals surface area contributed by atoms with Crippen LogP contribution in [0.15, 0.2) is 48.5 Å². The van der Waals surface area contributed by atoms with E-state index in [0.717, 1.165) is 55.3 Å². The Kier molecular flexibility index (Phi) is 6.47. The summed E-state index contributed by atoms with van der Waals surface area (Å²) in [7, 11) is 0. The smallest absolute Gasteiger partial charge is 0.241 e. The predicted molar refractivity (Wildman–Crippen MR) is 114 cm³/mol. The molecular formula is C24H30N2O3. The molecule has 154 valence electrons. The molecule has 2 aromatic rings. The van der Waals surface area contributed by atoms with Gasteiger partial charge in [-0.25, -0.2) is 0 Å². The van der Waals surface area contributed by atoms with Gasteiger partial charge in [0.25, 0.3) is 0 Å². The summed E-state index contributed by atoms with van der Waals surface area (Å²) in [5, 5.41) is 12.1. The number of ether oxygens (including phenoxy) is 1. The molecule has 5 heteroatoms. The van der Waals surface area contributed by atoms with Crippen molar-refractivity contribution < 1.29 is 14.6 Å². The third-order valence-corrected chi connectivity index (χ3v) is 5.79. The largest absolute Gasteiger partial charge is 0.491 e. The maximum atomic E-state index is 13.0. The van der Waals surface area contributed by atoms with Gasteiger partial charge in [0.15, 0.2) is 0 Å². The minimum Gasteiger partial charge on any atom is -0.491 e. The quantitative estimate of drug-likeness (QED) is 0.712. The van der Waals surface area contributed by atoms with Crippen molar-refractivity contribution in [2.24, 2.45) is 0 Å². The Balaban J connectivity index is 1.39. The Morgan fingerprint density at radius 1 is 1.10 bits per heavy atom. The maximum absolute atomic E-state index is 13.0. The Morgan fingerprint density at radius 3 is 2.69 bits per heavy atom. The number of likely N-dealkylation sites (tertiary alicyclic amines) is 1. The SMILES string of the molecule is O=C(Nc1ccc(C2CC2)cc1)[C@H]1CCCCN1Cc1cccc(OCCO)c1. The zero-order valence-electron chi connectivity index (χ0n) is 16.8. The Hall–Kier alpha value is -2.37. The molecule has 0 spiro atoms. The molecular weight excluding hydrogens is 364 g/mol. The van der Waals surface area contributed by atoms with Crippen molar-refractivity contribution in [2.45, 2.75) is 50.6 Å². The molecule has 4 rings (SSSR count). The molecule has 29 heavy (non-hydrogen) atoms. The van der Waals surface area contributed by atoms with Crippen LogP contribution in [-0.2, 0) is 11.3 Å². The third-order valence-electron chi connectivity index (χ3n) is 5.79. The molecule has 1 amide bonds. The second kappa shape index (κ2) is 9.42. The summed E-state index contributed by atoms with van der Waals surface area (Å²) in [6.45, 7) is 1.92. The first kappa shape index (κ1) is 19.9. The highest BCUT2D eigenvalue weighted by Crippen LogP contribution is 2.40. The molecule has 1 saturated carbocycles. The number of anilines is 1. The number of aliphatic hydroxyl groups excluding tert-OH is 1. The first-order valence-corrected chi connectivity index (χ1v) is 10.7. The molecule has 0 bridgehead atoms. The van der Waals surface area contributed by atoms with Crippen LogP contribution in [0.1, 0.15) is 49.1 Å². The lowest BCUT2D eigenvalue weighted by Crippen LogP contribution is -2.46. The third kappa shape index (κ3) is 5.37. The van der Waals surface area contributed by atoms with E-state index in [4.69, 9.17) is 9.84 Å². The van der Waals surface area contributed by atoms with Gasteiger partial charge in [-0.1, -0.05) is 30.7 Å². The molecule has 0 aromatic heterocycles. The van der Waals surface area contributed by atoms with Crippen LogP contribution < -0.4 is 10.1 Å². The molecule has 2 fully saturated rings. The number of piperidine rings is 1. The van der Waals surface area contributed by atoms with E-state index in [1.807, 2.05) is 30.3 Å². The highest BCUT2D eigenvalue weighted by atomic mass is 16.5. The van der Waals surface area contributed by atoms with Crippen molar-refractivity contribution in [1.82, 2.24) is 4.90 Å². The van der Waals surface area contributed by atoms with E-state index in [1.54, 1.807) is 0 Å². The number of nitrogens with one attached hydrogen (secondary N) is 1. The van der Waals surface area contributed by atoms with Gasteiger partial charge in [0.1, 0.15) is 12.4 Å². The van der Waals surface area contributed by atoms with Gasteiger partial charge in [0.2, 0.25) is 5.91 Å². The zero-order valence-corrected chi connectivity index (χ0v) is 16.8. The van der Waals surface area contributed by atoms with Crippen molar-refractivity contribution >= 4 is 11.6 Å². The maximum Gasteiger partial charge on any atom is 0.241 e. The number of amides is 1. The Bertz CT molecular complexity index is 817. The van der Waals surface area contributed by atoms with Crippen LogP contribution >= 0.6 is 0 Å². The van der Waals surface area contributed by atoms with Gasteiger partial charge in [0, 0.05) is 12.2 Å². The first-order valence-electron chi connectivity index (χ1n) is 10.7. The van der Waals surface area contributed by atoms with Crippen LogP contribution in [0.4, 0.5) is 5.69 Å². The Labute approximate surface area is 172 Å². The van der Waals surface area contributed by atoms with Gasteiger partial charge in [-0.05, 0) is 73.5 Å². The van der Waals surface area contributed by atoms with Crippen molar-refractivity contribution in [2.75, 3.05) is 25.1 Å². The normalized spacial score (nSPS) is 19.7. The lowest BCUT2D eigenvalue weighted by atomic mass is 10.00. The van der Waals surface area contributed by atoms with E-state index in [9.17, 15) is 4.79 Å². The molecule has 2 aromatic carbocycles. The number of carbonyl (C=O) groups excluding carboxylic acids is 1. The van der Waals surface area contributed by atoms with Crippen molar-refractivity contribution in [3.63, 3.8) is 0 Å². The summed E-state index contributed by atoms with van der Waals surface area (Å²) in [4.78, 5) is 15.3. The van der Waals surface area contributed by atoms with Gasteiger partial charge in [0.05, 0.1) is 12.6 Å². The molecule has 0 radical (unpaired) electrons. The van der Waals surface area contributed by atoms with Gasteiger partial charge in [-0.15, -0.1) is 0 Å². The average molecular weight is 395 g/mol. The zero-order chi connectivity index (χ0) is 20.1. The van der Waals surface area contributed by atoms with Gasteiger partial charge >= 0.3 is 0 Å². The lowest BCUT2D eigenvalue weighted by molar-refractivity contribution is -0.122. The Morgan fingerprint density at radius 2 is 1.93 bits per heavy atom. The molecule has 1 saturated heterocycles. The number of hydrogen-bond acceptors (Lipinski definition) is 4. The minimum atomic E-state index is -0.117. The fraction of sp³-hybridized carbons (Fsp3) is 0.458. The molecule has 2 aliphatic rings. The topological polar surface area (TPSA) is 61.8 Å². The summed E-state index contributed by atoms with van der Waals surface area (Å²) >= 11 is 0. The number of aliphatic hydroxyl groups is 1. The average Bonchev–Trinajstić information content (AvgIpc) is 3.59. The lowest BCUT2D eigenvalue weighted by Gasteiger charge is -2.34. The summed E-state index contributed by atoms with van der Waals surface area (Å²) in [5.74, 6) is 1.56. The highest BCUT2D eigenvalue weighted by Gasteiger charge is 2.29. The van der Waals surface area contributed by atoms with Crippen molar-refractivity contribution in [3.8, 4) is 5.75 Å². The number of nitrogens with zero attached hydrogens (tertiary/aromatic N) is 1. The summed E-state index contributed by atoms with van der Waals surface area (Å²) in [6, 6.07) is 16.1. The monoisotopic (exact) mass is 394 g/mol. The van der Waals surface area contributed by atoms with Crippen molar-refractivity contribution in [3.05, 3.63) is 59.7 Å². The second-order valence-corrected chi connectivity index (χ2v) is 8.09. The molecule has 5 nitrogen and oxygen atoms in total. The molecule has 1 atom stereocenters. The fourth-order valence-corrected chi connectivity index (χ4v) is 4.09. The predicted octanol–water partition coefficient (Wildman–Crippen LogP) is 3.93. The number of benzene rings is 2. The van der Waals surface area contributed by atoms with E-state index >= 15 is 0 Å². The molecule has 0 unspecified atom stereocenters. The van der Waals surface area contributed by atoms with E-state index in [2.05, 4.69) is 28.4 Å². The summed E-state index contributed by atoms with van der Waals surface area (Å²) in [6.07, 6.45) is 5.64. The van der Waals surface area contributed by atoms with E-state index in [-0.39, 0.29) is 25.2 Å². The van der Waals surface area contributed by atoms with Crippen LogP contribution in [0.5, 0.6) is 5.75 Å². The summed E-state index contributed by atoms with van der Waals surface area (Å²) in [5.41, 5.74) is 3.38. The fourth-order valence-electron chi connectivity index (χ4n) is 4.09. The van der Waals surface area contributed by atoms with Gasteiger partial charge < -0.3 is 15.2 Å². The number of rotatable bonds is 8. The number of carbonyl (C=O) groups is 1. The van der Waals surface area contributed by atoms with Crippen LogP contribution in [0.3, 0.4) is 0 Å². The van der Waals surface area contributed by atoms with E-state index in [1.165, 1.54) is 18.4 Å². The first-order chi connectivity index (χ1) is 14.2. The highest BCUT2D eigenvalue weighted by molar-refractivity contribution is 5.94. The van der Waals surface area contributed by atoms with Crippen LogP contribution in [0, 0.1) is 0 Å². The minimum absolute atomic E-state index is 0.000232. The van der Waals surface area contributed by atoms with Crippen LogP contribution in [0.2, 0.25) is 0 Å². The molecule has 1 aliphatic carbocycles. The molecule has 1 heterocycles. The second-order valence-electron chi connectivity index (χ2n) is 8.09. The van der Waals surface area contributed by atoms with E-state index in [0.29, 0.717) is 0 Å². The molecule has 1 aliphatic heterocycles. The summed E-state index contributed by atoms with van der Waals surface area (Å²) < 4.78 is 5.52.